The van der Waals surface area contributed by atoms with Crippen LogP contribution in [0.15, 0.2) is 72.8 Å². The zero-order valence-corrected chi connectivity index (χ0v) is 14.9. The van der Waals surface area contributed by atoms with Gasteiger partial charge in [-0.05, 0) is 36.4 Å². The van der Waals surface area contributed by atoms with E-state index in [1.807, 2.05) is 72.8 Å². The van der Waals surface area contributed by atoms with Crippen molar-refractivity contribution in [2.24, 2.45) is 0 Å². The summed E-state index contributed by atoms with van der Waals surface area (Å²) in [6.45, 7) is 0. The Balaban J connectivity index is 1.89. The molecule has 0 bridgehead atoms. The van der Waals surface area contributed by atoms with Gasteiger partial charge in [0, 0.05) is 10.9 Å². The number of rotatable bonds is 4. The molecule has 0 unspecified atom stereocenters. The Morgan fingerprint density at radius 1 is 0.846 bits per heavy atom. The summed E-state index contributed by atoms with van der Waals surface area (Å²) in [5, 5.41) is 4.92. The highest BCUT2D eigenvalue weighted by molar-refractivity contribution is 6.33. The molecular formula is C21H16ClN3O. The zero-order valence-electron chi connectivity index (χ0n) is 14.1. The van der Waals surface area contributed by atoms with Crippen LogP contribution in [0.25, 0.3) is 22.3 Å². The number of aromatic nitrogens is 2. The second-order valence-corrected chi connectivity index (χ2v) is 6.13. The third-order valence-corrected chi connectivity index (χ3v) is 4.41. The molecule has 0 aliphatic rings. The van der Waals surface area contributed by atoms with Crippen LogP contribution >= 0.6 is 11.6 Å². The maximum absolute atomic E-state index is 6.35. The molecule has 0 aliphatic carbocycles. The smallest absolute Gasteiger partial charge is 0.163 e. The van der Waals surface area contributed by atoms with E-state index in [0.29, 0.717) is 16.7 Å². The van der Waals surface area contributed by atoms with E-state index in [9.17, 15) is 0 Å². The minimum atomic E-state index is 0.576. The van der Waals surface area contributed by atoms with Crippen molar-refractivity contribution >= 4 is 34.0 Å². The number of halogens is 1. The number of fused-ring (bicyclic) bond motifs is 1. The van der Waals surface area contributed by atoms with E-state index in [1.165, 1.54) is 0 Å². The molecule has 0 atom stereocenters. The highest BCUT2D eigenvalue weighted by Gasteiger charge is 2.13. The van der Waals surface area contributed by atoms with Crippen molar-refractivity contribution < 1.29 is 4.74 Å². The van der Waals surface area contributed by atoms with E-state index in [0.717, 1.165) is 27.9 Å². The van der Waals surface area contributed by atoms with E-state index >= 15 is 0 Å². The summed E-state index contributed by atoms with van der Waals surface area (Å²) in [4.78, 5) is 9.42. The quantitative estimate of drug-likeness (QED) is 0.506. The molecule has 1 aromatic heterocycles. The molecule has 4 rings (SSSR count). The number of para-hydroxylation sites is 3. The van der Waals surface area contributed by atoms with Gasteiger partial charge in [0.15, 0.2) is 5.82 Å². The van der Waals surface area contributed by atoms with Crippen LogP contribution in [-0.2, 0) is 0 Å². The summed E-state index contributed by atoms with van der Waals surface area (Å²) in [6.07, 6.45) is 0. The summed E-state index contributed by atoms with van der Waals surface area (Å²) in [5.74, 6) is 2.02. The van der Waals surface area contributed by atoms with Gasteiger partial charge in [0.2, 0.25) is 0 Å². The lowest BCUT2D eigenvalue weighted by atomic mass is 10.1. The van der Waals surface area contributed by atoms with E-state index in [1.54, 1.807) is 7.11 Å². The largest absolute Gasteiger partial charge is 0.495 e. The van der Waals surface area contributed by atoms with Gasteiger partial charge >= 0.3 is 0 Å². The van der Waals surface area contributed by atoms with Gasteiger partial charge < -0.3 is 10.1 Å². The maximum Gasteiger partial charge on any atom is 0.163 e. The van der Waals surface area contributed by atoms with Gasteiger partial charge in [-0.3, -0.25) is 0 Å². The Hall–Kier alpha value is -3.11. The zero-order chi connectivity index (χ0) is 17.9. The van der Waals surface area contributed by atoms with E-state index < -0.39 is 0 Å². The normalized spacial score (nSPS) is 10.7. The average molecular weight is 362 g/mol. The van der Waals surface area contributed by atoms with Crippen LogP contribution in [0, 0.1) is 0 Å². The van der Waals surface area contributed by atoms with Gasteiger partial charge in [-0.15, -0.1) is 0 Å². The van der Waals surface area contributed by atoms with E-state index in [4.69, 9.17) is 21.3 Å². The Morgan fingerprint density at radius 3 is 2.42 bits per heavy atom. The Morgan fingerprint density at radius 2 is 1.58 bits per heavy atom. The molecule has 1 heterocycles. The van der Waals surface area contributed by atoms with Gasteiger partial charge in [0.1, 0.15) is 11.6 Å². The minimum Gasteiger partial charge on any atom is -0.495 e. The van der Waals surface area contributed by atoms with Crippen LogP contribution in [0.1, 0.15) is 0 Å². The fourth-order valence-corrected chi connectivity index (χ4v) is 3.03. The molecular weight excluding hydrogens is 346 g/mol. The van der Waals surface area contributed by atoms with Gasteiger partial charge in [0.25, 0.3) is 0 Å². The molecule has 0 saturated heterocycles. The van der Waals surface area contributed by atoms with Crippen LogP contribution in [-0.4, -0.2) is 17.1 Å². The van der Waals surface area contributed by atoms with Crippen molar-refractivity contribution in [3.63, 3.8) is 0 Å². The van der Waals surface area contributed by atoms with Gasteiger partial charge in [0.05, 0.1) is 23.3 Å². The molecule has 1 N–H and O–H groups in total. The summed E-state index contributed by atoms with van der Waals surface area (Å²) in [7, 11) is 1.65. The first kappa shape index (κ1) is 16.4. The summed E-state index contributed by atoms with van der Waals surface area (Å²) in [5.41, 5.74) is 2.47. The second-order valence-electron chi connectivity index (χ2n) is 5.72. The Bertz CT molecular complexity index is 1080. The number of hydrogen-bond donors (Lipinski definition) is 1. The van der Waals surface area contributed by atoms with Crippen LogP contribution < -0.4 is 10.1 Å². The Labute approximate surface area is 156 Å². The van der Waals surface area contributed by atoms with Crippen molar-refractivity contribution in [2.45, 2.75) is 0 Å². The molecule has 0 amide bonds. The molecule has 0 aliphatic heterocycles. The van der Waals surface area contributed by atoms with E-state index in [2.05, 4.69) is 10.3 Å². The number of anilines is 2. The minimum absolute atomic E-state index is 0.576. The van der Waals surface area contributed by atoms with Crippen molar-refractivity contribution in [1.82, 2.24) is 9.97 Å². The molecule has 0 fully saturated rings. The average Bonchev–Trinajstić information content (AvgIpc) is 2.68. The summed E-state index contributed by atoms with van der Waals surface area (Å²) in [6, 6.07) is 23.2. The predicted molar refractivity (Wildman–Crippen MR) is 106 cm³/mol. The number of benzene rings is 3. The number of ether oxygens (including phenoxy) is 1. The number of methoxy groups -OCH3 is 1. The fourth-order valence-electron chi connectivity index (χ4n) is 2.81. The molecule has 26 heavy (non-hydrogen) atoms. The Kier molecular flexibility index (Phi) is 4.42. The topological polar surface area (TPSA) is 47.0 Å². The van der Waals surface area contributed by atoms with Crippen molar-refractivity contribution in [2.75, 3.05) is 12.4 Å². The SMILES string of the molecule is COc1ccccc1Nc1nc(-c2ccccc2Cl)nc2ccccc12. The van der Waals surface area contributed by atoms with Crippen molar-refractivity contribution in [1.29, 1.82) is 0 Å². The van der Waals surface area contributed by atoms with Crippen molar-refractivity contribution in [3.8, 4) is 17.1 Å². The van der Waals surface area contributed by atoms with E-state index in [-0.39, 0.29) is 0 Å². The maximum atomic E-state index is 6.35. The lowest BCUT2D eigenvalue weighted by molar-refractivity contribution is 0.417. The number of nitrogens with zero attached hydrogens (tertiary/aromatic N) is 2. The molecule has 0 spiro atoms. The lowest BCUT2D eigenvalue weighted by Gasteiger charge is -2.13. The highest BCUT2D eigenvalue weighted by Crippen LogP contribution is 2.32. The van der Waals surface area contributed by atoms with Crippen LogP contribution in [0.3, 0.4) is 0 Å². The second kappa shape index (κ2) is 7.02. The van der Waals surface area contributed by atoms with Crippen LogP contribution in [0.2, 0.25) is 5.02 Å². The number of nitrogens with one attached hydrogen (secondary N) is 1. The molecule has 0 saturated carbocycles. The van der Waals surface area contributed by atoms with Crippen molar-refractivity contribution in [3.05, 3.63) is 77.8 Å². The molecule has 4 aromatic rings. The number of hydrogen-bond acceptors (Lipinski definition) is 4. The van der Waals surface area contributed by atoms with Gasteiger partial charge in [-0.1, -0.05) is 48.0 Å². The first-order valence-electron chi connectivity index (χ1n) is 8.18. The first-order chi connectivity index (χ1) is 12.8. The molecule has 0 radical (unpaired) electrons. The van der Waals surface area contributed by atoms with Crippen LogP contribution in [0.5, 0.6) is 5.75 Å². The van der Waals surface area contributed by atoms with Crippen LogP contribution in [0.4, 0.5) is 11.5 Å². The third kappa shape index (κ3) is 3.07. The summed E-state index contributed by atoms with van der Waals surface area (Å²) >= 11 is 6.35. The standard InChI is InChI=1S/C21H16ClN3O/c1-26-19-13-7-6-12-18(19)24-21-15-9-3-5-11-17(15)23-20(25-21)14-8-2-4-10-16(14)22/h2-13H,1H3,(H,23,24,25). The monoisotopic (exact) mass is 361 g/mol. The first-order valence-corrected chi connectivity index (χ1v) is 8.56. The highest BCUT2D eigenvalue weighted by atomic mass is 35.5. The summed E-state index contributed by atoms with van der Waals surface area (Å²) < 4.78 is 5.44. The molecule has 4 nitrogen and oxygen atoms in total. The predicted octanol–water partition coefficient (Wildman–Crippen LogP) is 5.70. The van der Waals surface area contributed by atoms with Gasteiger partial charge in [-0.2, -0.15) is 0 Å². The fraction of sp³-hybridized carbons (Fsp3) is 0.0476. The molecule has 3 aromatic carbocycles. The molecule has 5 heteroatoms. The molecule has 128 valence electrons. The van der Waals surface area contributed by atoms with Gasteiger partial charge in [-0.25, -0.2) is 9.97 Å². The third-order valence-electron chi connectivity index (χ3n) is 4.08. The lowest BCUT2D eigenvalue weighted by Crippen LogP contribution is -2.01.